The van der Waals surface area contributed by atoms with Gasteiger partial charge in [-0.2, -0.15) is 0 Å². The van der Waals surface area contributed by atoms with Gasteiger partial charge in [-0.1, -0.05) is 47.5 Å². The van der Waals surface area contributed by atoms with Crippen LogP contribution in [0.3, 0.4) is 0 Å². The quantitative estimate of drug-likeness (QED) is 0.403. The number of hydrogen-bond donors (Lipinski definition) is 1. The minimum Gasteiger partial charge on any atom is -0.460 e. The minimum atomic E-state index is -0.328. The maximum Gasteiger partial charge on any atom is 0.303 e. The summed E-state index contributed by atoms with van der Waals surface area (Å²) in [6.45, 7) is 19.7. The van der Waals surface area contributed by atoms with E-state index < -0.39 is 0 Å². The van der Waals surface area contributed by atoms with Gasteiger partial charge < -0.3 is 10.5 Å². The SMILES string of the molecule is CC.CC(=O)OC(C)(C)C.CCCC(CCC(C)CC)N=C/C(C)=C\N. The van der Waals surface area contributed by atoms with Gasteiger partial charge in [0, 0.05) is 19.2 Å². The molecule has 0 aromatic carbocycles. The van der Waals surface area contributed by atoms with Gasteiger partial charge in [-0.15, -0.1) is 0 Å². The van der Waals surface area contributed by atoms with Crippen LogP contribution in [0.2, 0.25) is 0 Å². The van der Waals surface area contributed by atoms with Crippen molar-refractivity contribution >= 4 is 12.2 Å². The van der Waals surface area contributed by atoms with Crippen molar-refractivity contribution in [3.8, 4) is 0 Å². The summed E-state index contributed by atoms with van der Waals surface area (Å²) < 4.78 is 4.80. The molecule has 0 amide bonds. The summed E-state index contributed by atoms with van der Waals surface area (Å²) in [6, 6.07) is 0.480. The van der Waals surface area contributed by atoms with Gasteiger partial charge in [0.25, 0.3) is 0 Å². The Kier molecular flexibility index (Phi) is 20.9. The number of carbonyl (C=O) groups is 1. The zero-order valence-corrected chi connectivity index (χ0v) is 19.2. The first-order valence-electron chi connectivity index (χ1n) is 10.2. The van der Waals surface area contributed by atoms with Crippen molar-refractivity contribution in [3.05, 3.63) is 11.8 Å². The Morgan fingerprint density at radius 3 is 1.96 bits per heavy atom. The molecular weight excluding hydrogens is 324 g/mol. The smallest absolute Gasteiger partial charge is 0.303 e. The van der Waals surface area contributed by atoms with Crippen LogP contribution in [-0.4, -0.2) is 23.8 Å². The molecule has 0 saturated carbocycles. The highest BCUT2D eigenvalue weighted by atomic mass is 16.6. The molecule has 4 nitrogen and oxygen atoms in total. The van der Waals surface area contributed by atoms with Crippen LogP contribution in [0.25, 0.3) is 0 Å². The van der Waals surface area contributed by atoms with Crippen molar-refractivity contribution in [2.45, 2.75) is 113 Å². The van der Waals surface area contributed by atoms with Crippen LogP contribution in [0.15, 0.2) is 16.8 Å². The Hall–Kier alpha value is -1.32. The number of aliphatic imine (C=N–C) groups is 1. The predicted octanol–water partition coefficient (Wildman–Crippen LogP) is 6.29. The van der Waals surface area contributed by atoms with Crippen molar-refractivity contribution < 1.29 is 9.53 Å². The lowest BCUT2D eigenvalue weighted by atomic mass is 9.97. The molecule has 0 rings (SSSR count). The van der Waals surface area contributed by atoms with Gasteiger partial charge >= 0.3 is 5.97 Å². The lowest BCUT2D eigenvalue weighted by Crippen LogP contribution is -2.21. The number of nitrogens with two attached hydrogens (primary N) is 1. The molecule has 0 fully saturated rings. The zero-order chi connectivity index (χ0) is 21.2. The third kappa shape index (κ3) is 24.9. The fraction of sp³-hybridized carbons (Fsp3) is 0.818. The molecule has 0 aromatic heterocycles. The molecule has 0 heterocycles. The first kappa shape index (κ1) is 29.4. The average Bonchev–Trinajstić information content (AvgIpc) is 2.56. The predicted molar refractivity (Wildman–Crippen MR) is 117 cm³/mol. The first-order valence-corrected chi connectivity index (χ1v) is 10.2. The summed E-state index contributed by atoms with van der Waals surface area (Å²) in [5.74, 6) is 0.596. The van der Waals surface area contributed by atoms with Gasteiger partial charge in [0.1, 0.15) is 5.60 Å². The molecule has 2 atom stereocenters. The molecule has 0 bridgehead atoms. The number of carbonyl (C=O) groups excluding carboxylic acids is 1. The number of ether oxygens (including phenoxy) is 1. The molecule has 0 aliphatic carbocycles. The highest BCUT2D eigenvalue weighted by molar-refractivity contribution is 5.77. The van der Waals surface area contributed by atoms with Crippen LogP contribution in [0.5, 0.6) is 0 Å². The molecule has 0 aliphatic rings. The van der Waals surface area contributed by atoms with Crippen molar-refractivity contribution in [2.75, 3.05) is 0 Å². The Balaban J connectivity index is -0.000000444. The Bertz CT molecular complexity index is 382. The van der Waals surface area contributed by atoms with Gasteiger partial charge in [0.15, 0.2) is 0 Å². The summed E-state index contributed by atoms with van der Waals surface area (Å²) >= 11 is 0. The van der Waals surface area contributed by atoms with E-state index in [1.54, 1.807) is 6.20 Å². The third-order valence-electron chi connectivity index (χ3n) is 3.51. The van der Waals surface area contributed by atoms with Crippen LogP contribution in [0.1, 0.15) is 101 Å². The van der Waals surface area contributed by atoms with E-state index in [0.717, 1.165) is 11.5 Å². The van der Waals surface area contributed by atoms with Gasteiger partial charge in [0.05, 0.1) is 0 Å². The van der Waals surface area contributed by atoms with Gasteiger partial charge in [0.2, 0.25) is 0 Å². The van der Waals surface area contributed by atoms with E-state index in [4.69, 9.17) is 10.5 Å². The number of allylic oxidation sites excluding steroid dienone is 1. The summed E-state index contributed by atoms with van der Waals surface area (Å²) in [6.07, 6.45) is 9.67. The molecule has 156 valence electrons. The first-order chi connectivity index (χ1) is 12.1. The summed E-state index contributed by atoms with van der Waals surface area (Å²) in [5, 5.41) is 0. The topological polar surface area (TPSA) is 64.7 Å². The molecule has 4 heteroatoms. The Labute approximate surface area is 163 Å². The van der Waals surface area contributed by atoms with E-state index in [0.29, 0.717) is 6.04 Å². The van der Waals surface area contributed by atoms with Crippen molar-refractivity contribution in [2.24, 2.45) is 16.6 Å². The van der Waals surface area contributed by atoms with E-state index in [9.17, 15) is 4.79 Å². The molecule has 0 aromatic rings. The zero-order valence-electron chi connectivity index (χ0n) is 19.2. The lowest BCUT2D eigenvalue weighted by molar-refractivity contribution is -0.151. The van der Waals surface area contributed by atoms with Crippen molar-refractivity contribution in [1.29, 1.82) is 0 Å². The fourth-order valence-corrected chi connectivity index (χ4v) is 2.00. The number of esters is 1. The minimum absolute atomic E-state index is 0.225. The molecule has 2 unspecified atom stereocenters. The highest BCUT2D eigenvalue weighted by Crippen LogP contribution is 2.16. The molecule has 2 N–H and O–H groups in total. The fourth-order valence-electron chi connectivity index (χ4n) is 2.00. The molecule has 0 radical (unpaired) electrons. The van der Waals surface area contributed by atoms with E-state index >= 15 is 0 Å². The monoisotopic (exact) mass is 370 g/mol. The molecule has 26 heavy (non-hydrogen) atoms. The van der Waals surface area contributed by atoms with E-state index in [-0.39, 0.29) is 11.6 Å². The van der Waals surface area contributed by atoms with E-state index in [2.05, 4.69) is 25.8 Å². The average molecular weight is 371 g/mol. The van der Waals surface area contributed by atoms with Crippen LogP contribution < -0.4 is 5.73 Å². The van der Waals surface area contributed by atoms with Gasteiger partial charge in [-0.3, -0.25) is 9.79 Å². The Morgan fingerprint density at radius 1 is 1.12 bits per heavy atom. The van der Waals surface area contributed by atoms with Crippen LogP contribution in [0, 0.1) is 5.92 Å². The van der Waals surface area contributed by atoms with Crippen molar-refractivity contribution in [1.82, 2.24) is 0 Å². The molecular formula is C22H46N2O2. The maximum absolute atomic E-state index is 10.2. The molecule has 0 spiro atoms. The second-order valence-corrected chi connectivity index (χ2v) is 7.43. The summed E-state index contributed by atoms with van der Waals surface area (Å²) in [4.78, 5) is 14.9. The van der Waals surface area contributed by atoms with Crippen LogP contribution >= 0.6 is 0 Å². The number of nitrogens with zero attached hydrogens (tertiary/aromatic N) is 1. The lowest BCUT2D eigenvalue weighted by Gasteiger charge is -2.17. The van der Waals surface area contributed by atoms with E-state index in [1.165, 1.54) is 39.0 Å². The maximum atomic E-state index is 10.2. The van der Waals surface area contributed by atoms with Gasteiger partial charge in [-0.05, 0) is 64.6 Å². The van der Waals surface area contributed by atoms with Crippen LogP contribution in [-0.2, 0) is 9.53 Å². The second kappa shape index (κ2) is 18.5. The Morgan fingerprint density at radius 2 is 1.65 bits per heavy atom. The van der Waals surface area contributed by atoms with Crippen LogP contribution in [0.4, 0.5) is 0 Å². The number of rotatable bonds is 8. The number of hydrogen-bond acceptors (Lipinski definition) is 4. The highest BCUT2D eigenvalue weighted by Gasteiger charge is 2.11. The molecule has 0 saturated heterocycles. The standard InChI is InChI=1S/C14H28N2.C6H12O2.C2H6/c1-5-7-14(9-8-12(3)6-2)16-11-13(4)10-15;1-5(7)8-6(2,3)4;1-2/h10-12,14H,5-9,15H2,1-4H3;1-4H3;1-2H3/b13-10-,16-11?;;. The van der Waals surface area contributed by atoms with Gasteiger partial charge in [-0.25, -0.2) is 0 Å². The van der Waals surface area contributed by atoms with Crippen molar-refractivity contribution in [3.63, 3.8) is 0 Å². The third-order valence-corrected chi connectivity index (χ3v) is 3.51. The summed E-state index contributed by atoms with van der Waals surface area (Å²) in [5.41, 5.74) is 6.14. The molecule has 0 aliphatic heterocycles. The van der Waals surface area contributed by atoms with E-state index in [1.807, 2.05) is 47.8 Å². The largest absolute Gasteiger partial charge is 0.460 e. The summed E-state index contributed by atoms with van der Waals surface area (Å²) in [7, 11) is 0. The second-order valence-electron chi connectivity index (χ2n) is 7.43. The normalized spacial score (nSPS) is 13.8.